The highest BCUT2D eigenvalue weighted by atomic mass is 19.1. The molecule has 22 heavy (non-hydrogen) atoms. The van der Waals surface area contributed by atoms with E-state index in [1.807, 2.05) is 0 Å². The number of nitrogens with zero attached hydrogens (tertiary/aromatic N) is 1. The SMILES string of the molecule is CCOc1cc(F)c(-c2nc3ccccc3c(=O)[nH]2)c(F)c1. The number of hydrogen-bond donors (Lipinski definition) is 1. The molecule has 0 unspecified atom stereocenters. The summed E-state index contributed by atoms with van der Waals surface area (Å²) in [6, 6.07) is 8.73. The Hall–Kier alpha value is -2.76. The number of aromatic amines is 1. The lowest BCUT2D eigenvalue weighted by Crippen LogP contribution is -2.10. The summed E-state index contributed by atoms with van der Waals surface area (Å²) in [5, 5.41) is 0.359. The van der Waals surface area contributed by atoms with Crippen molar-refractivity contribution in [2.24, 2.45) is 0 Å². The molecule has 1 aromatic heterocycles. The fourth-order valence-electron chi connectivity index (χ4n) is 2.23. The van der Waals surface area contributed by atoms with Crippen molar-refractivity contribution in [3.63, 3.8) is 0 Å². The maximum atomic E-state index is 14.2. The Bertz CT molecular complexity index is 883. The minimum Gasteiger partial charge on any atom is -0.494 e. The van der Waals surface area contributed by atoms with Crippen LogP contribution in [0.15, 0.2) is 41.2 Å². The molecule has 3 aromatic rings. The van der Waals surface area contributed by atoms with Gasteiger partial charge in [-0.05, 0) is 19.1 Å². The van der Waals surface area contributed by atoms with Gasteiger partial charge in [0.25, 0.3) is 5.56 Å². The van der Waals surface area contributed by atoms with Gasteiger partial charge in [0, 0.05) is 12.1 Å². The number of hydrogen-bond acceptors (Lipinski definition) is 3. The monoisotopic (exact) mass is 302 g/mol. The number of benzene rings is 2. The second-order valence-electron chi connectivity index (χ2n) is 4.63. The van der Waals surface area contributed by atoms with Crippen molar-refractivity contribution in [3.05, 3.63) is 58.4 Å². The molecule has 3 rings (SSSR count). The summed E-state index contributed by atoms with van der Waals surface area (Å²) in [4.78, 5) is 18.5. The van der Waals surface area contributed by atoms with Crippen LogP contribution in [-0.2, 0) is 0 Å². The zero-order valence-corrected chi connectivity index (χ0v) is 11.7. The summed E-state index contributed by atoms with van der Waals surface area (Å²) >= 11 is 0. The maximum Gasteiger partial charge on any atom is 0.259 e. The van der Waals surface area contributed by atoms with Crippen LogP contribution >= 0.6 is 0 Å². The molecule has 2 aromatic carbocycles. The van der Waals surface area contributed by atoms with Gasteiger partial charge in [-0.2, -0.15) is 0 Å². The highest BCUT2D eigenvalue weighted by Gasteiger charge is 2.17. The van der Waals surface area contributed by atoms with Crippen molar-refractivity contribution in [1.82, 2.24) is 9.97 Å². The van der Waals surface area contributed by atoms with Crippen molar-refractivity contribution in [1.29, 1.82) is 0 Å². The smallest absolute Gasteiger partial charge is 0.259 e. The van der Waals surface area contributed by atoms with E-state index in [9.17, 15) is 13.6 Å². The first kappa shape index (κ1) is 14.2. The van der Waals surface area contributed by atoms with Crippen LogP contribution in [0.5, 0.6) is 5.75 Å². The van der Waals surface area contributed by atoms with Crippen LogP contribution in [0.1, 0.15) is 6.92 Å². The van der Waals surface area contributed by atoms with Gasteiger partial charge in [-0.15, -0.1) is 0 Å². The largest absolute Gasteiger partial charge is 0.494 e. The van der Waals surface area contributed by atoms with E-state index in [4.69, 9.17) is 4.74 Å². The molecule has 112 valence electrons. The van der Waals surface area contributed by atoms with Crippen molar-refractivity contribution >= 4 is 10.9 Å². The third-order valence-corrected chi connectivity index (χ3v) is 3.18. The summed E-state index contributed by atoms with van der Waals surface area (Å²) < 4.78 is 33.4. The molecule has 0 amide bonds. The quantitative estimate of drug-likeness (QED) is 0.808. The molecule has 0 aliphatic rings. The average Bonchev–Trinajstić information content (AvgIpc) is 2.47. The van der Waals surface area contributed by atoms with Crippen LogP contribution in [-0.4, -0.2) is 16.6 Å². The minimum atomic E-state index is -0.845. The number of rotatable bonds is 3. The predicted molar refractivity (Wildman–Crippen MR) is 78.9 cm³/mol. The van der Waals surface area contributed by atoms with Crippen LogP contribution in [0.4, 0.5) is 8.78 Å². The Morgan fingerprint density at radius 1 is 1.18 bits per heavy atom. The fourth-order valence-corrected chi connectivity index (χ4v) is 2.23. The maximum absolute atomic E-state index is 14.2. The van der Waals surface area contributed by atoms with Gasteiger partial charge >= 0.3 is 0 Å². The first-order valence-electron chi connectivity index (χ1n) is 6.71. The second kappa shape index (κ2) is 5.55. The standard InChI is InChI=1S/C16H12F2N2O2/c1-2-22-9-7-11(17)14(12(18)8-9)15-19-13-6-4-3-5-10(13)16(21)20-15/h3-8H,2H2,1H3,(H,19,20,21). The number of fused-ring (bicyclic) bond motifs is 1. The highest BCUT2D eigenvalue weighted by molar-refractivity contribution is 5.79. The van der Waals surface area contributed by atoms with E-state index in [1.165, 1.54) is 0 Å². The highest BCUT2D eigenvalue weighted by Crippen LogP contribution is 2.27. The number of para-hydroxylation sites is 1. The van der Waals surface area contributed by atoms with Gasteiger partial charge in [-0.3, -0.25) is 4.79 Å². The van der Waals surface area contributed by atoms with Gasteiger partial charge in [-0.25, -0.2) is 13.8 Å². The van der Waals surface area contributed by atoms with E-state index in [0.29, 0.717) is 17.5 Å². The van der Waals surface area contributed by atoms with Crippen LogP contribution < -0.4 is 10.3 Å². The Labute approximate surface area is 124 Å². The molecule has 0 atom stereocenters. The zero-order valence-electron chi connectivity index (χ0n) is 11.7. The van der Waals surface area contributed by atoms with Gasteiger partial charge in [0.2, 0.25) is 0 Å². The summed E-state index contributed by atoms with van der Waals surface area (Å²) in [6.45, 7) is 2.01. The molecule has 0 fully saturated rings. The molecule has 0 saturated carbocycles. The van der Waals surface area contributed by atoms with E-state index in [1.54, 1.807) is 31.2 Å². The minimum absolute atomic E-state index is 0.0874. The Morgan fingerprint density at radius 3 is 2.55 bits per heavy atom. The molecule has 6 heteroatoms. The van der Waals surface area contributed by atoms with Crippen molar-refractivity contribution in [2.75, 3.05) is 6.61 Å². The average molecular weight is 302 g/mol. The number of ether oxygens (including phenoxy) is 1. The second-order valence-corrected chi connectivity index (χ2v) is 4.63. The zero-order chi connectivity index (χ0) is 15.7. The Morgan fingerprint density at radius 2 is 1.86 bits per heavy atom. The van der Waals surface area contributed by atoms with Gasteiger partial charge in [0.05, 0.1) is 23.1 Å². The van der Waals surface area contributed by atoms with Gasteiger partial charge in [0.15, 0.2) is 0 Å². The van der Waals surface area contributed by atoms with Crippen molar-refractivity contribution in [2.45, 2.75) is 6.92 Å². The van der Waals surface area contributed by atoms with Crippen molar-refractivity contribution < 1.29 is 13.5 Å². The topological polar surface area (TPSA) is 55.0 Å². The van der Waals surface area contributed by atoms with Crippen LogP contribution in [0.25, 0.3) is 22.3 Å². The lowest BCUT2D eigenvalue weighted by molar-refractivity contribution is 0.336. The summed E-state index contributed by atoms with van der Waals surface area (Å²) in [5.74, 6) is -1.75. The van der Waals surface area contributed by atoms with Crippen molar-refractivity contribution in [3.8, 4) is 17.1 Å². The molecule has 0 aliphatic carbocycles. The third kappa shape index (κ3) is 2.43. The molecule has 4 nitrogen and oxygen atoms in total. The number of aromatic nitrogens is 2. The molecule has 0 aliphatic heterocycles. The van der Waals surface area contributed by atoms with Crippen LogP contribution in [0.2, 0.25) is 0 Å². The summed E-state index contributed by atoms with van der Waals surface area (Å²) in [5.41, 5.74) is -0.464. The van der Waals surface area contributed by atoms with Gasteiger partial charge in [-0.1, -0.05) is 12.1 Å². The fraction of sp³-hybridized carbons (Fsp3) is 0.125. The number of nitrogens with one attached hydrogen (secondary N) is 1. The predicted octanol–water partition coefficient (Wildman–Crippen LogP) is 3.27. The number of halogens is 2. The molecule has 1 N–H and O–H groups in total. The van der Waals surface area contributed by atoms with Gasteiger partial charge in [0.1, 0.15) is 23.2 Å². The first-order valence-corrected chi connectivity index (χ1v) is 6.71. The lowest BCUT2D eigenvalue weighted by atomic mass is 10.1. The molecular weight excluding hydrogens is 290 g/mol. The van der Waals surface area contributed by atoms with E-state index in [2.05, 4.69) is 9.97 Å². The van der Waals surface area contributed by atoms with Crippen LogP contribution in [0.3, 0.4) is 0 Å². The summed E-state index contributed by atoms with van der Waals surface area (Å²) in [7, 11) is 0. The molecular formula is C16H12F2N2O2. The molecule has 0 saturated heterocycles. The van der Waals surface area contributed by atoms with Crippen LogP contribution in [0, 0.1) is 11.6 Å². The molecule has 0 spiro atoms. The Balaban J connectivity index is 2.21. The van der Waals surface area contributed by atoms with Gasteiger partial charge < -0.3 is 9.72 Å². The summed E-state index contributed by atoms with van der Waals surface area (Å²) in [6.07, 6.45) is 0. The lowest BCUT2D eigenvalue weighted by Gasteiger charge is -2.09. The normalized spacial score (nSPS) is 10.9. The van der Waals surface area contributed by atoms with E-state index in [-0.39, 0.29) is 17.1 Å². The molecule has 1 heterocycles. The van der Waals surface area contributed by atoms with E-state index >= 15 is 0 Å². The molecule has 0 bridgehead atoms. The number of H-pyrrole nitrogens is 1. The van der Waals surface area contributed by atoms with E-state index in [0.717, 1.165) is 12.1 Å². The van der Waals surface area contributed by atoms with E-state index < -0.39 is 17.2 Å². The Kier molecular flexibility index (Phi) is 3.58. The first-order chi connectivity index (χ1) is 10.6. The third-order valence-electron chi connectivity index (χ3n) is 3.18. The molecule has 0 radical (unpaired) electrons.